The van der Waals surface area contributed by atoms with Crippen molar-refractivity contribution in [1.29, 1.82) is 0 Å². The fraction of sp³-hybridized carbons (Fsp3) is 0. The smallest absolute Gasteiger partial charge is 0.141 e. The highest BCUT2D eigenvalue weighted by Gasteiger charge is 2.03. The number of hydrogen-bond donors (Lipinski definition) is 1. The Balaban J connectivity index is 2.52. The summed E-state index contributed by atoms with van der Waals surface area (Å²) in [4.78, 5) is 3.91. The van der Waals surface area contributed by atoms with Crippen molar-refractivity contribution in [3.05, 3.63) is 40.8 Å². The number of benzene rings is 1. The van der Waals surface area contributed by atoms with Crippen LogP contribution >= 0.6 is 23.2 Å². The second kappa shape index (κ2) is 3.52. The summed E-state index contributed by atoms with van der Waals surface area (Å²) in [6.45, 7) is 0. The summed E-state index contributed by atoms with van der Waals surface area (Å²) < 4.78 is 1.74. The lowest BCUT2D eigenvalue weighted by atomic mass is 10.3. The molecule has 14 heavy (non-hydrogen) atoms. The van der Waals surface area contributed by atoms with Gasteiger partial charge in [-0.3, -0.25) is 0 Å². The van der Waals surface area contributed by atoms with Crippen molar-refractivity contribution in [2.45, 2.75) is 0 Å². The van der Waals surface area contributed by atoms with Crippen molar-refractivity contribution < 1.29 is 0 Å². The third-order valence-corrected chi connectivity index (χ3v) is 2.33. The predicted molar refractivity (Wildman–Crippen MR) is 58.0 cm³/mol. The third kappa shape index (κ3) is 1.69. The summed E-state index contributed by atoms with van der Waals surface area (Å²) in [5.74, 6) is 0.455. The maximum atomic E-state index is 6.00. The first-order valence-corrected chi connectivity index (χ1v) is 4.67. The molecule has 1 heterocycles. The number of hydrogen-bond acceptors (Lipinski definition) is 2. The van der Waals surface area contributed by atoms with Crippen LogP contribution < -0.4 is 5.73 Å². The molecule has 0 saturated heterocycles. The molecule has 2 rings (SSSR count). The maximum Gasteiger partial charge on any atom is 0.141 e. The zero-order valence-corrected chi connectivity index (χ0v) is 8.63. The molecule has 1 aromatic heterocycles. The van der Waals surface area contributed by atoms with E-state index in [9.17, 15) is 0 Å². The van der Waals surface area contributed by atoms with E-state index in [1.54, 1.807) is 29.2 Å². The van der Waals surface area contributed by atoms with Crippen LogP contribution in [-0.4, -0.2) is 9.55 Å². The lowest BCUT2D eigenvalue weighted by molar-refractivity contribution is 1.06. The first kappa shape index (κ1) is 9.37. The first-order valence-electron chi connectivity index (χ1n) is 3.92. The average Bonchev–Trinajstić information content (AvgIpc) is 2.51. The molecule has 3 nitrogen and oxygen atoms in total. The molecule has 1 aromatic carbocycles. The molecule has 5 heteroatoms. The second-order valence-electron chi connectivity index (χ2n) is 2.80. The number of nitrogen functional groups attached to an aromatic ring is 1. The Morgan fingerprint density at radius 3 is 2.64 bits per heavy atom. The molecule has 0 fully saturated rings. The number of nitrogens with two attached hydrogens (primary N) is 1. The van der Waals surface area contributed by atoms with E-state index < -0.39 is 0 Å². The minimum absolute atomic E-state index is 0.455. The van der Waals surface area contributed by atoms with E-state index in [-0.39, 0.29) is 0 Å². The van der Waals surface area contributed by atoms with Crippen molar-refractivity contribution in [2.24, 2.45) is 0 Å². The van der Waals surface area contributed by atoms with Crippen molar-refractivity contribution >= 4 is 29.0 Å². The van der Waals surface area contributed by atoms with Crippen LogP contribution in [0.3, 0.4) is 0 Å². The van der Waals surface area contributed by atoms with Gasteiger partial charge in [0.1, 0.15) is 12.1 Å². The Labute approximate surface area is 91.1 Å². The average molecular weight is 228 g/mol. The van der Waals surface area contributed by atoms with Gasteiger partial charge in [0.2, 0.25) is 0 Å². The quantitative estimate of drug-likeness (QED) is 0.815. The summed E-state index contributed by atoms with van der Waals surface area (Å²) in [7, 11) is 0. The van der Waals surface area contributed by atoms with Gasteiger partial charge in [-0.25, -0.2) is 4.98 Å². The normalized spacial score (nSPS) is 10.4. The van der Waals surface area contributed by atoms with Gasteiger partial charge in [0.25, 0.3) is 0 Å². The lowest BCUT2D eigenvalue weighted by Crippen LogP contribution is -1.91. The van der Waals surface area contributed by atoms with E-state index in [1.165, 1.54) is 0 Å². The fourth-order valence-corrected chi connectivity index (χ4v) is 1.67. The van der Waals surface area contributed by atoms with Crippen LogP contribution in [0.15, 0.2) is 30.7 Å². The third-order valence-electron chi connectivity index (χ3n) is 1.79. The molecule has 0 amide bonds. The Morgan fingerprint density at radius 1 is 1.29 bits per heavy atom. The molecule has 0 spiro atoms. The zero-order valence-electron chi connectivity index (χ0n) is 7.11. The van der Waals surface area contributed by atoms with Crippen LogP contribution in [0.2, 0.25) is 10.0 Å². The van der Waals surface area contributed by atoms with Gasteiger partial charge in [0.05, 0.1) is 16.9 Å². The van der Waals surface area contributed by atoms with Gasteiger partial charge in [-0.15, -0.1) is 0 Å². The van der Waals surface area contributed by atoms with Gasteiger partial charge in [-0.1, -0.05) is 23.2 Å². The van der Waals surface area contributed by atoms with Crippen LogP contribution in [0.1, 0.15) is 0 Å². The van der Waals surface area contributed by atoms with Crippen LogP contribution in [0.4, 0.5) is 5.82 Å². The lowest BCUT2D eigenvalue weighted by Gasteiger charge is -2.04. The standard InChI is InChI=1S/C9H7Cl2N3/c10-6-1-2-8(7(11)3-6)14-4-9(12)13-5-14/h1-5H,12H2. The maximum absolute atomic E-state index is 6.00. The summed E-state index contributed by atoms with van der Waals surface area (Å²) >= 11 is 11.8. The van der Waals surface area contributed by atoms with Gasteiger partial charge in [-0.2, -0.15) is 0 Å². The topological polar surface area (TPSA) is 43.8 Å². The van der Waals surface area contributed by atoms with Crippen molar-refractivity contribution in [3.8, 4) is 5.69 Å². The SMILES string of the molecule is Nc1cn(-c2ccc(Cl)cc2Cl)cn1. The Kier molecular flexibility index (Phi) is 2.35. The molecule has 0 aliphatic rings. The van der Waals surface area contributed by atoms with Gasteiger partial charge >= 0.3 is 0 Å². The number of anilines is 1. The molecule has 0 aliphatic carbocycles. The van der Waals surface area contributed by atoms with E-state index in [2.05, 4.69) is 4.98 Å². The summed E-state index contributed by atoms with van der Waals surface area (Å²) in [5, 5.41) is 1.17. The first-order chi connectivity index (χ1) is 6.66. The summed E-state index contributed by atoms with van der Waals surface area (Å²) in [6.07, 6.45) is 3.29. The van der Waals surface area contributed by atoms with E-state index in [1.807, 2.05) is 6.07 Å². The van der Waals surface area contributed by atoms with Crippen LogP contribution in [0.5, 0.6) is 0 Å². The van der Waals surface area contributed by atoms with Crippen molar-refractivity contribution in [3.63, 3.8) is 0 Å². The molecule has 0 unspecified atom stereocenters. The monoisotopic (exact) mass is 227 g/mol. The van der Waals surface area contributed by atoms with E-state index in [0.29, 0.717) is 15.9 Å². The second-order valence-corrected chi connectivity index (χ2v) is 3.65. The highest BCUT2D eigenvalue weighted by molar-refractivity contribution is 6.35. The molecule has 72 valence electrons. The molecular formula is C9H7Cl2N3. The van der Waals surface area contributed by atoms with Crippen LogP contribution in [0, 0.1) is 0 Å². The minimum Gasteiger partial charge on any atom is -0.382 e. The molecule has 0 bridgehead atoms. The van der Waals surface area contributed by atoms with E-state index in [4.69, 9.17) is 28.9 Å². The van der Waals surface area contributed by atoms with Gasteiger partial charge in [0, 0.05) is 5.02 Å². The number of halogens is 2. The molecule has 0 saturated carbocycles. The number of nitrogens with zero attached hydrogens (tertiary/aromatic N) is 2. The number of rotatable bonds is 1. The van der Waals surface area contributed by atoms with E-state index >= 15 is 0 Å². The molecule has 0 radical (unpaired) electrons. The zero-order chi connectivity index (χ0) is 10.1. The van der Waals surface area contributed by atoms with Crippen LogP contribution in [0.25, 0.3) is 5.69 Å². The Hall–Kier alpha value is -1.19. The fourth-order valence-electron chi connectivity index (χ4n) is 1.16. The van der Waals surface area contributed by atoms with Gasteiger partial charge < -0.3 is 10.3 Å². The minimum atomic E-state index is 0.455. The van der Waals surface area contributed by atoms with Crippen LogP contribution in [-0.2, 0) is 0 Å². The summed E-state index contributed by atoms with van der Waals surface area (Å²) in [5.41, 5.74) is 6.30. The Bertz CT molecular complexity index is 465. The van der Waals surface area contributed by atoms with E-state index in [0.717, 1.165) is 5.69 Å². The molecular weight excluding hydrogens is 221 g/mol. The Morgan fingerprint density at radius 2 is 2.07 bits per heavy atom. The predicted octanol–water partition coefficient (Wildman–Crippen LogP) is 2.76. The molecule has 2 N–H and O–H groups in total. The summed E-state index contributed by atoms with van der Waals surface area (Å²) in [6, 6.07) is 5.25. The highest BCUT2D eigenvalue weighted by Crippen LogP contribution is 2.24. The molecule has 2 aromatic rings. The molecule has 0 atom stereocenters. The van der Waals surface area contributed by atoms with Crippen molar-refractivity contribution in [1.82, 2.24) is 9.55 Å². The van der Waals surface area contributed by atoms with Gasteiger partial charge in [0.15, 0.2) is 0 Å². The largest absolute Gasteiger partial charge is 0.382 e. The molecule has 0 aliphatic heterocycles. The van der Waals surface area contributed by atoms with Gasteiger partial charge in [-0.05, 0) is 18.2 Å². The highest BCUT2D eigenvalue weighted by atomic mass is 35.5. The number of aromatic nitrogens is 2. The number of imidazole rings is 1. The van der Waals surface area contributed by atoms with Crippen molar-refractivity contribution in [2.75, 3.05) is 5.73 Å².